The smallest absolute Gasteiger partial charge is 0.0552 e. The van der Waals surface area contributed by atoms with Crippen LogP contribution in [0.1, 0.15) is 20.8 Å². The summed E-state index contributed by atoms with van der Waals surface area (Å²) in [6, 6.07) is 17.5. The fraction of sp³-hybridized carbons (Fsp3) is 0.400. The first kappa shape index (κ1) is 16.4. The highest BCUT2D eigenvalue weighted by atomic mass is 32.2. The molecule has 0 aromatic heterocycles. The van der Waals surface area contributed by atoms with E-state index in [2.05, 4.69) is 79.1 Å². The van der Waals surface area contributed by atoms with Gasteiger partial charge in [-0.1, -0.05) is 56.8 Å². The second kappa shape index (κ2) is 7.41. The number of benzene rings is 2. The van der Waals surface area contributed by atoms with E-state index in [1.807, 2.05) is 11.8 Å². The molecule has 1 heterocycles. The van der Waals surface area contributed by atoms with Crippen LogP contribution in [0.15, 0.2) is 58.3 Å². The Morgan fingerprint density at radius 2 is 1.43 bits per heavy atom. The zero-order valence-electron chi connectivity index (χ0n) is 14.3. The third-order valence-corrected chi connectivity index (χ3v) is 5.62. The molecule has 2 aromatic carbocycles. The van der Waals surface area contributed by atoms with Gasteiger partial charge in [-0.3, -0.25) is 0 Å². The van der Waals surface area contributed by atoms with E-state index in [9.17, 15) is 0 Å². The van der Waals surface area contributed by atoms with Gasteiger partial charge in [0, 0.05) is 22.9 Å². The van der Waals surface area contributed by atoms with Gasteiger partial charge in [0.05, 0.1) is 11.4 Å². The Bertz CT molecular complexity index is 606. The lowest BCUT2D eigenvalue weighted by molar-refractivity contribution is 0.263. The molecule has 1 atom stereocenters. The Hall–Kier alpha value is -1.45. The highest BCUT2D eigenvalue weighted by molar-refractivity contribution is 7.99. The molecule has 1 aliphatic heterocycles. The minimum Gasteiger partial charge on any atom is -0.339 e. The molecular weight excluding hydrogens is 300 g/mol. The maximum atomic E-state index is 2.52. The molecule has 3 heteroatoms. The molecule has 1 aliphatic rings. The Labute approximate surface area is 144 Å². The summed E-state index contributed by atoms with van der Waals surface area (Å²) in [5.41, 5.74) is 2.70. The molecule has 0 amide bonds. The van der Waals surface area contributed by atoms with Crippen molar-refractivity contribution < 1.29 is 0 Å². The summed E-state index contributed by atoms with van der Waals surface area (Å²) >= 11 is 1.88. The molecule has 0 bridgehead atoms. The third-order valence-electron chi connectivity index (χ3n) is 4.49. The number of anilines is 2. The maximum absolute atomic E-state index is 2.52. The summed E-state index contributed by atoms with van der Waals surface area (Å²) in [5.74, 6) is 0.624. The molecule has 0 saturated carbocycles. The van der Waals surface area contributed by atoms with Gasteiger partial charge in [0.2, 0.25) is 0 Å². The van der Waals surface area contributed by atoms with Gasteiger partial charge in [-0.15, -0.1) is 0 Å². The molecule has 0 aliphatic carbocycles. The van der Waals surface area contributed by atoms with Crippen molar-refractivity contribution in [2.75, 3.05) is 31.1 Å². The molecule has 2 nitrogen and oxygen atoms in total. The standard InChI is InChI=1S/C20H26N2S/c1-4-21(5-2)14-16(3)15-22-17-10-6-8-12-19(17)23-20-13-9-7-11-18(20)22/h6-13,16H,4-5,14-15H2,1-3H3. The summed E-state index contributed by atoms with van der Waals surface area (Å²) in [6.45, 7) is 11.3. The molecule has 0 radical (unpaired) electrons. The van der Waals surface area contributed by atoms with Crippen LogP contribution in [0.25, 0.3) is 0 Å². The highest BCUT2D eigenvalue weighted by Crippen LogP contribution is 2.47. The van der Waals surface area contributed by atoms with Gasteiger partial charge in [-0.2, -0.15) is 0 Å². The van der Waals surface area contributed by atoms with Gasteiger partial charge in [0.1, 0.15) is 0 Å². The number of nitrogens with zero attached hydrogens (tertiary/aromatic N) is 2. The second-order valence-electron chi connectivity index (χ2n) is 6.24. The minimum atomic E-state index is 0.624. The first-order chi connectivity index (χ1) is 11.2. The lowest BCUT2D eigenvalue weighted by atomic mass is 10.1. The number of para-hydroxylation sites is 2. The van der Waals surface area contributed by atoms with Crippen LogP contribution in [0.3, 0.4) is 0 Å². The third kappa shape index (κ3) is 3.56. The van der Waals surface area contributed by atoms with Crippen LogP contribution in [0.5, 0.6) is 0 Å². The molecule has 0 saturated heterocycles. The van der Waals surface area contributed by atoms with Crippen molar-refractivity contribution in [1.82, 2.24) is 4.90 Å². The van der Waals surface area contributed by atoms with Crippen LogP contribution in [-0.4, -0.2) is 31.1 Å². The Kier molecular flexibility index (Phi) is 5.29. The van der Waals surface area contributed by atoms with Crippen molar-refractivity contribution in [2.24, 2.45) is 5.92 Å². The average Bonchev–Trinajstić information content (AvgIpc) is 2.59. The Morgan fingerprint density at radius 1 is 0.913 bits per heavy atom. The lowest BCUT2D eigenvalue weighted by Crippen LogP contribution is -2.34. The molecular formula is C20H26N2S. The van der Waals surface area contributed by atoms with Crippen LogP contribution < -0.4 is 4.90 Å². The topological polar surface area (TPSA) is 6.48 Å². The van der Waals surface area contributed by atoms with Crippen LogP contribution in [0.2, 0.25) is 0 Å². The Morgan fingerprint density at radius 3 is 1.96 bits per heavy atom. The SMILES string of the molecule is CCN(CC)CC(C)CN1c2ccccc2Sc2ccccc21. The van der Waals surface area contributed by atoms with Crippen molar-refractivity contribution in [3.8, 4) is 0 Å². The second-order valence-corrected chi connectivity index (χ2v) is 7.32. The summed E-state index contributed by atoms with van der Waals surface area (Å²) in [4.78, 5) is 7.75. The highest BCUT2D eigenvalue weighted by Gasteiger charge is 2.24. The predicted molar refractivity (Wildman–Crippen MR) is 101 cm³/mol. The van der Waals surface area contributed by atoms with E-state index >= 15 is 0 Å². The predicted octanol–water partition coefficient (Wildman–Crippen LogP) is 5.27. The zero-order valence-corrected chi connectivity index (χ0v) is 15.1. The fourth-order valence-corrected chi connectivity index (χ4v) is 4.37. The van der Waals surface area contributed by atoms with Crippen molar-refractivity contribution in [1.29, 1.82) is 0 Å². The number of hydrogen-bond acceptors (Lipinski definition) is 3. The van der Waals surface area contributed by atoms with E-state index < -0.39 is 0 Å². The van der Waals surface area contributed by atoms with Crippen molar-refractivity contribution in [3.63, 3.8) is 0 Å². The van der Waals surface area contributed by atoms with Gasteiger partial charge in [-0.05, 0) is 43.3 Å². The summed E-state index contributed by atoms with van der Waals surface area (Å²) in [6.07, 6.45) is 0. The van der Waals surface area contributed by atoms with Gasteiger partial charge < -0.3 is 9.80 Å². The first-order valence-corrected chi connectivity index (χ1v) is 9.40. The van der Waals surface area contributed by atoms with E-state index in [1.165, 1.54) is 21.2 Å². The van der Waals surface area contributed by atoms with Crippen LogP contribution in [-0.2, 0) is 0 Å². The van der Waals surface area contributed by atoms with Gasteiger partial charge in [0.15, 0.2) is 0 Å². The quantitative estimate of drug-likeness (QED) is 0.714. The Balaban J connectivity index is 1.86. The van der Waals surface area contributed by atoms with E-state index in [4.69, 9.17) is 0 Å². The number of rotatable bonds is 6. The largest absolute Gasteiger partial charge is 0.339 e. The van der Waals surface area contributed by atoms with Crippen LogP contribution >= 0.6 is 11.8 Å². The molecule has 3 rings (SSSR count). The van der Waals surface area contributed by atoms with Gasteiger partial charge >= 0.3 is 0 Å². The van der Waals surface area contributed by atoms with E-state index in [1.54, 1.807) is 0 Å². The van der Waals surface area contributed by atoms with Crippen LogP contribution in [0, 0.1) is 5.92 Å². The molecule has 1 unspecified atom stereocenters. The normalized spacial score (nSPS) is 14.5. The van der Waals surface area contributed by atoms with Gasteiger partial charge in [-0.25, -0.2) is 0 Å². The van der Waals surface area contributed by atoms with Crippen molar-refractivity contribution >= 4 is 23.1 Å². The molecule has 0 fully saturated rings. The van der Waals surface area contributed by atoms with E-state index in [-0.39, 0.29) is 0 Å². The average molecular weight is 327 g/mol. The summed E-state index contributed by atoms with van der Waals surface area (Å²) < 4.78 is 0. The molecule has 2 aromatic rings. The zero-order chi connectivity index (χ0) is 16.2. The molecule has 23 heavy (non-hydrogen) atoms. The molecule has 0 N–H and O–H groups in total. The number of fused-ring (bicyclic) bond motifs is 2. The van der Waals surface area contributed by atoms with E-state index in [0.29, 0.717) is 5.92 Å². The molecule has 122 valence electrons. The lowest BCUT2D eigenvalue weighted by Gasteiger charge is -2.35. The first-order valence-electron chi connectivity index (χ1n) is 8.58. The number of hydrogen-bond donors (Lipinski definition) is 0. The van der Waals surface area contributed by atoms with Crippen molar-refractivity contribution in [2.45, 2.75) is 30.6 Å². The molecule has 0 spiro atoms. The minimum absolute atomic E-state index is 0.624. The summed E-state index contributed by atoms with van der Waals surface area (Å²) in [5, 5.41) is 0. The summed E-state index contributed by atoms with van der Waals surface area (Å²) in [7, 11) is 0. The fourth-order valence-electron chi connectivity index (χ4n) is 3.27. The monoisotopic (exact) mass is 326 g/mol. The van der Waals surface area contributed by atoms with Gasteiger partial charge in [0.25, 0.3) is 0 Å². The maximum Gasteiger partial charge on any atom is 0.0552 e. The van der Waals surface area contributed by atoms with Crippen molar-refractivity contribution in [3.05, 3.63) is 48.5 Å². The van der Waals surface area contributed by atoms with Crippen LogP contribution in [0.4, 0.5) is 11.4 Å². The van der Waals surface area contributed by atoms with E-state index in [0.717, 1.165) is 26.2 Å².